The lowest BCUT2D eigenvalue weighted by Crippen LogP contribution is -2.49. The highest BCUT2D eigenvalue weighted by Crippen LogP contribution is 2.36. The van der Waals surface area contributed by atoms with Crippen molar-refractivity contribution in [3.05, 3.63) is 47.5 Å². The lowest BCUT2D eigenvalue weighted by molar-refractivity contribution is -0.147. The van der Waals surface area contributed by atoms with Crippen molar-refractivity contribution >= 4 is 17.7 Å². The standard InChI is InChI=1S/C21H24N2O3/c1-13(23-20(25)16-10-4-5-11-17(16)21(23)26)19(24)22-18-12-6-8-14-7-2-3-9-15(14)18/h2-5,7,9,13,16-18H,6,8,10-12H2,1H3,(H,22,24)/t13-,16-,17+,18-/m0/s1. The minimum atomic E-state index is -0.769. The molecule has 1 aliphatic heterocycles. The molecule has 0 bridgehead atoms. The van der Waals surface area contributed by atoms with Gasteiger partial charge in [0.2, 0.25) is 17.7 Å². The van der Waals surface area contributed by atoms with Crippen molar-refractivity contribution in [1.82, 2.24) is 10.2 Å². The quantitative estimate of drug-likeness (QED) is 0.671. The van der Waals surface area contributed by atoms with E-state index in [-0.39, 0.29) is 35.6 Å². The van der Waals surface area contributed by atoms with Crippen LogP contribution in [0.25, 0.3) is 0 Å². The van der Waals surface area contributed by atoms with E-state index in [0.29, 0.717) is 12.8 Å². The zero-order chi connectivity index (χ0) is 18.3. The Morgan fingerprint density at radius 1 is 1.12 bits per heavy atom. The van der Waals surface area contributed by atoms with Crippen LogP contribution in [0.15, 0.2) is 36.4 Å². The van der Waals surface area contributed by atoms with Gasteiger partial charge in [-0.3, -0.25) is 19.3 Å². The fourth-order valence-electron chi connectivity index (χ4n) is 4.52. The van der Waals surface area contributed by atoms with Crippen LogP contribution in [0.2, 0.25) is 0 Å². The second-order valence-electron chi connectivity index (χ2n) is 7.53. The molecule has 1 fully saturated rings. The number of hydrogen-bond donors (Lipinski definition) is 1. The summed E-state index contributed by atoms with van der Waals surface area (Å²) >= 11 is 0. The number of nitrogens with zero attached hydrogens (tertiary/aromatic N) is 1. The fraction of sp³-hybridized carbons (Fsp3) is 0.476. The number of carbonyl (C=O) groups excluding carboxylic acids is 3. The van der Waals surface area contributed by atoms with Gasteiger partial charge >= 0.3 is 0 Å². The van der Waals surface area contributed by atoms with Gasteiger partial charge in [-0.2, -0.15) is 0 Å². The highest BCUT2D eigenvalue weighted by molar-refractivity contribution is 6.08. The number of imide groups is 1. The maximum Gasteiger partial charge on any atom is 0.243 e. The third kappa shape index (κ3) is 2.75. The summed E-state index contributed by atoms with van der Waals surface area (Å²) in [5, 5.41) is 3.07. The number of benzene rings is 1. The SMILES string of the molecule is C[C@@H](C(=O)N[C@H]1CCCc2ccccc21)N1C(=O)[C@H]2CC=CC[C@H]2C1=O. The number of allylic oxidation sites excluding steroid dienone is 2. The van der Waals surface area contributed by atoms with Crippen molar-refractivity contribution in [2.75, 3.05) is 0 Å². The number of likely N-dealkylation sites (tertiary alicyclic amines) is 1. The maximum absolute atomic E-state index is 12.8. The van der Waals surface area contributed by atoms with Gasteiger partial charge in [0.15, 0.2) is 0 Å². The van der Waals surface area contributed by atoms with Gasteiger partial charge in [-0.25, -0.2) is 0 Å². The Kier molecular flexibility index (Phi) is 4.39. The van der Waals surface area contributed by atoms with Gasteiger partial charge < -0.3 is 5.32 Å². The van der Waals surface area contributed by atoms with Gasteiger partial charge in [0.25, 0.3) is 0 Å². The molecule has 5 heteroatoms. The number of rotatable bonds is 3. The second kappa shape index (κ2) is 6.71. The maximum atomic E-state index is 12.8. The van der Waals surface area contributed by atoms with Gasteiger partial charge in [0, 0.05) is 0 Å². The van der Waals surface area contributed by atoms with E-state index < -0.39 is 6.04 Å². The molecule has 3 aliphatic rings. The first-order valence-corrected chi connectivity index (χ1v) is 9.48. The molecule has 4 atom stereocenters. The molecule has 26 heavy (non-hydrogen) atoms. The van der Waals surface area contributed by atoms with Crippen LogP contribution in [-0.4, -0.2) is 28.7 Å². The van der Waals surface area contributed by atoms with Crippen molar-refractivity contribution in [2.24, 2.45) is 11.8 Å². The number of amides is 3. The molecule has 4 rings (SSSR count). The summed E-state index contributed by atoms with van der Waals surface area (Å²) in [5.74, 6) is -1.23. The number of fused-ring (bicyclic) bond motifs is 2. The minimum Gasteiger partial charge on any atom is -0.347 e. The second-order valence-corrected chi connectivity index (χ2v) is 7.53. The summed E-state index contributed by atoms with van der Waals surface area (Å²) < 4.78 is 0. The monoisotopic (exact) mass is 352 g/mol. The molecule has 2 aliphatic carbocycles. The van der Waals surface area contributed by atoms with Gasteiger partial charge in [-0.1, -0.05) is 36.4 Å². The molecular formula is C21H24N2O3. The Hall–Kier alpha value is -2.43. The van der Waals surface area contributed by atoms with Crippen LogP contribution < -0.4 is 5.32 Å². The summed E-state index contributed by atoms with van der Waals surface area (Å²) in [5.41, 5.74) is 2.42. The normalized spacial score (nSPS) is 28.5. The van der Waals surface area contributed by atoms with E-state index in [1.165, 1.54) is 10.5 Å². The van der Waals surface area contributed by atoms with E-state index in [0.717, 1.165) is 24.8 Å². The summed E-state index contributed by atoms with van der Waals surface area (Å²) in [6.45, 7) is 1.66. The molecule has 0 unspecified atom stereocenters. The van der Waals surface area contributed by atoms with Crippen molar-refractivity contribution in [2.45, 2.75) is 51.1 Å². The summed E-state index contributed by atoms with van der Waals surface area (Å²) in [6.07, 6.45) is 8.03. The summed E-state index contributed by atoms with van der Waals surface area (Å²) in [7, 11) is 0. The highest BCUT2D eigenvalue weighted by atomic mass is 16.2. The Labute approximate surface area is 153 Å². The molecule has 1 heterocycles. The molecule has 0 spiro atoms. The molecule has 1 N–H and O–H groups in total. The molecule has 0 radical (unpaired) electrons. The highest BCUT2D eigenvalue weighted by Gasteiger charge is 2.50. The first-order valence-electron chi connectivity index (χ1n) is 9.48. The van der Waals surface area contributed by atoms with Crippen molar-refractivity contribution < 1.29 is 14.4 Å². The van der Waals surface area contributed by atoms with Crippen LogP contribution in [0.1, 0.15) is 49.8 Å². The first-order chi connectivity index (χ1) is 12.6. The van der Waals surface area contributed by atoms with Gasteiger partial charge in [-0.05, 0) is 50.2 Å². The zero-order valence-corrected chi connectivity index (χ0v) is 15.0. The average Bonchev–Trinajstić information content (AvgIpc) is 2.92. The number of hydrogen-bond acceptors (Lipinski definition) is 3. The van der Waals surface area contributed by atoms with Crippen LogP contribution >= 0.6 is 0 Å². The van der Waals surface area contributed by atoms with E-state index in [4.69, 9.17) is 0 Å². The Morgan fingerprint density at radius 3 is 2.46 bits per heavy atom. The van der Waals surface area contributed by atoms with Crippen LogP contribution in [0.3, 0.4) is 0 Å². The van der Waals surface area contributed by atoms with Crippen LogP contribution in [0.4, 0.5) is 0 Å². The van der Waals surface area contributed by atoms with E-state index in [1.54, 1.807) is 6.92 Å². The Morgan fingerprint density at radius 2 is 1.77 bits per heavy atom. The van der Waals surface area contributed by atoms with E-state index in [2.05, 4.69) is 17.4 Å². The van der Waals surface area contributed by atoms with Crippen molar-refractivity contribution in [3.63, 3.8) is 0 Å². The third-order valence-corrected chi connectivity index (χ3v) is 5.99. The van der Waals surface area contributed by atoms with E-state index in [9.17, 15) is 14.4 Å². The predicted octanol–water partition coefficient (Wildman–Crippen LogP) is 2.52. The largest absolute Gasteiger partial charge is 0.347 e. The first kappa shape index (κ1) is 17.0. The fourth-order valence-corrected chi connectivity index (χ4v) is 4.52. The minimum absolute atomic E-state index is 0.0494. The Bertz CT molecular complexity index is 759. The average molecular weight is 352 g/mol. The third-order valence-electron chi connectivity index (χ3n) is 5.99. The lowest BCUT2D eigenvalue weighted by Gasteiger charge is -2.29. The summed E-state index contributed by atoms with van der Waals surface area (Å²) in [4.78, 5) is 39.4. The molecule has 3 amide bonds. The zero-order valence-electron chi connectivity index (χ0n) is 15.0. The Balaban J connectivity index is 1.49. The van der Waals surface area contributed by atoms with Gasteiger partial charge in [0.1, 0.15) is 6.04 Å². The number of carbonyl (C=O) groups is 3. The molecule has 0 aromatic heterocycles. The van der Waals surface area contributed by atoms with Crippen LogP contribution in [0, 0.1) is 11.8 Å². The topological polar surface area (TPSA) is 66.5 Å². The number of aryl methyl sites for hydroxylation is 1. The lowest BCUT2D eigenvalue weighted by atomic mass is 9.85. The summed E-state index contributed by atoms with van der Waals surface area (Å²) in [6, 6.07) is 7.33. The molecular weight excluding hydrogens is 328 g/mol. The van der Waals surface area contributed by atoms with Crippen LogP contribution in [0.5, 0.6) is 0 Å². The van der Waals surface area contributed by atoms with E-state index >= 15 is 0 Å². The van der Waals surface area contributed by atoms with Crippen molar-refractivity contribution in [1.29, 1.82) is 0 Å². The van der Waals surface area contributed by atoms with Gasteiger partial charge in [0.05, 0.1) is 17.9 Å². The molecule has 1 aromatic carbocycles. The molecule has 5 nitrogen and oxygen atoms in total. The van der Waals surface area contributed by atoms with Crippen LogP contribution in [-0.2, 0) is 20.8 Å². The van der Waals surface area contributed by atoms with E-state index in [1.807, 2.05) is 24.3 Å². The smallest absolute Gasteiger partial charge is 0.243 e. The molecule has 1 aromatic rings. The van der Waals surface area contributed by atoms with Gasteiger partial charge in [-0.15, -0.1) is 0 Å². The molecule has 0 saturated carbocycles. The predicted molar refractivity (Wildman–Crippen MR) is 96.9 cm³/mol. The van der Waals surface area contributed by atoms with Crippen molar-refractivity contribution in [3.8, 4) is 0 Å². The molecule has 136 valence electrons. The molecule has 1 saturated heterocycles. The number of nitrogens with one attached hydrogen (secondary N) is 1.